The van der Waals surface area contributed by atoms with Crippen molar-refractivity contribution < 1.29 is 44.9 Å². The molecule has 54 heavy (non-hydrogen) atoms. The van der Waals surface area contributed by atoms with Gasteiger partial charge in [0.05, 0.1) is 0 Å². The van der Waals surface area contributed by atoms with E-state index in [1.54, 1.807) is 24.3 Å². The zero-order valence-electron chi connectivity index (χ0n) is 29.7. The molecule has 2 fully saturated rings. The first-order valence-electron chi connectivity index (χ1n) is 18.6. The smallest absolute Gasteiger partial charge is 0.339 e. The van der Waals surface area contributed by atoms with Crippen molar-refractivity contribution in [2.75, 3.05) is 27.2 Å². The van der Waals surface area contributed by atoms with E-state index in [-0.39, 0.29) is 45.2 Å². The highest BCUT2D eigenvalue weighted by atomic mass is 32.2. The minimum absolute atomic E-state index is 0.00780. The van der Waals surface area contributed by atoms with Gasteiger partial charge in [0, 0.05) is 45.9 Å². The van der Waals surface area contributed by atoms with Crippen LogP contribution in [0.3, 0.4) is 0 Å². The molecule has 8 aliphatic rings. The summed E-state index contributed by atoms with van der Waals surface area (Å²) in [7, 11) is -4.93. The third-order valence-corrected chi connectivity index (χ3v) is 16.5. The van der Waals surface area contributed by atoms with E-state index >= 15 is 0 Å². The van der Waals surface area contributed by atoms with Crippen LogP contribution in [0.15, 0.2) is 82.6 Å². The number of likely N-dealkylation sites (tertiary alicyclic amines) is 2. The second-order valence-electron chi connectivity index (χ2n) is 16.4. The first-order valence-corrected chi connectivity index (χ1v) is 21.4. The third-order valence-electron chi connectivity index (χ3n) is 14.1. The maximum atomic E-state index is 13.9. The number of rotatable bonds is 6. The molecule has 3 aromatic rings. The lowest BCUT2D eigenvalue weighted by molar-refractivity contribution is -0.0452. The van der Waals surface area contributed by atoms with E-state index in [0.717, 1.165) is 67.1 Å². The standard InChI is InChI=1S/C40H40N2O10S2/c1-41-16-14-39-25-8-10-29(43)37(39)49-35-31(12-6-21(33(35)39)18-27(25)41)51-53(45,46)23-4-3-5-24(20-23)54(47,48)52-32-13-7-22-19-28-26-9-11-30(44)38-40(26,15-17-42(28)2)34(22)36(32)50-38/h3-13,20,25-30,37-38,43-44H,14-19H2,1-2H3. The number of likely N-dealkylation sites (N-methyl/N-ethyl adjacent to an activating group) is 2. The van der Waals surface area contributed by atoms with Crippen LogP contribution in [0.25, 0.3) is 0 Å². The number of aliphatic hydroxyl groups is 2. The normalized spacial score (nSPS) is 36.5. The van der Waals surface area contributed by atoms with Gasteiger partial charge in [-0.1, -0.05) is 42.5 Å². The summed E-state index contributed by atoms with van der Waals surface area (Å²) in [6, 6.07) is 12.3. The fourth-order valence-corrected chi connectivity index (χ4v) is 13.7. The van der Waals surface area contributed by atoms with Gasteiger partial charge in [0.25, 0.3) is 0 Å². The van der Waals surface area contributed by atoms with E-state index < -0.39 is 55.5 Å². The Labute approximate surface area is 313 Å². The second-order valence-corrected chi connectivity index (χ2v) is 19.5. The number of aliphatic hydroxyl groups excluding tert-OH is 2. The maximum absolute atomic E-state index is 13.9. The SMILES string of the molecule is CN1CCC23c4c5ccc(OS(=O)(=O)c6cccc(S(=O)(=O)Oc7ccc8c9c7OC7C(O)C=CC%10C(C8)N(C)CCC9%107)c6)c4OC2C(O)C=CC3C1C5. The van der Waals surface area contributed by atoms with Crippen LogP contribution in [0, 0.1) is 11.8 Å². The zero-order chi connectivity index (χ0) is 37.1. The van der Waals surface area contributed by atoms with Crippen LogP contribution in [-0.2, 0) is 43.9 Å². The molecule has 0 amide bonds. The Morgan fingerprint density at radius 1 is 0.667 bits per heavy atom. The van der Waals surface area contributed by atoms with Gasteiger partial charge in [-0.2, -0.15) is 16.8 Å². The first-order chi connectivity index (χ1) is 25.8. The van der Waals surface area contributed by atoms with E-state index in [1.807, 2.05) is 12.1 Å². The molecule has 10 atom stereocenters. The second kappa shape index (κ2) is 10.9. The van der Waals surface area contributed by atoms with Gasteiger partial charge in [0.2, 0.25) is 0 Å². The van der Waals surface area contributed by atoms with Gasteiger partial charge >= 0.3 is 20.2 Å². The first kappa shape index (κ1) is 33.4. The molecule has 4 heterocycles. The molecule has 2 N–H and O–H groups in total. The predicted octanol–water partition coefficient (Wildman–Crippen LogP) is 2.83. The summed E-state index contributed by atoms with van der Waals surface area (Å²) in [6.07, 6.45) is 7.80. The Hall–Kier alpha value is -3.92. The number of benzene rings is 3. The summed E-state index contributed by atoms with van der Waals surface area (Å²) in [5.41, 5.74) is 2.86. The van der Waals surface area contributed by atoms with Crippen molar-refractivity contribution in [2.45, 2.75) is 82.8 Å². The predicted molar refractivity (Wildman–Crippen MR) is 194 cm³/mol. The van der Waals surface area contributed by atoms with E-state index in [1.165, 1.54) is 18.2 Å². The lowest BCUT2D eigenvalue weighted by Gasteiger charge is -2.56. The van der Waals surface area contributed by atoms with Crippen molar-refractivity contribution in [1.29, 1.82) is 0 Å². The summed E-state index contributed by atoms with van der Waals surface area (Å²) in [5, 5.41) is 22.2. The Morgan fingerprint density at radius 2 is 1.11 bits per heavy atom. The highest BCUT2D eigenvalue weighted by molar-refractivity contribution is 7.88. The van der Waals surface area contributed by atoms with Gasteiger partial charge < -0.3 is 37.9 Å². The van der Waals surface area contributed by atoms with Gasteiger partial charge in [-0.3, -0.25) is 0 Å². The molecule has 4 aliphatic carbocycles. The molecule has 0 saturated carbocycles. The van der Waals surface area contributed by atoms with Crippen molar-refractivity contribution in [1.82, 2.24) is 9.80 Å². The lowest BCUT2D eigenvalue weighted by atomic mass is 9.53. The molecular formula is C40H40N2O10S2. The molecule has 0 aromatic heterocycles. The topological polar surface area (TPSA) is 152 Å². The van der Waals surface area contributed by atoms with Crippen LogP contribution in [0.1, 0.15) is 35.1 Å². The van der Waals surface area contributed by atoms with Crippen LogP contribution < -0.4 is 17.8 Å². The number of hydrogen-bond donors (Lipinski definition) is 2. The van der Waals surface area contributed by atoms with E-state index in [0.29, 0.717) is 11.5 Å². The third kappa shape index (κ3) is 4.16. The van der Waals surface area contributed by atoms with Crippen molar-refractivity contribution in [3.63, 3.8) is 0 Å². The number of ether oxygens (including phenoxy) is 2. The number of hydrogen-bond acceptors (Lipinski definition) is 12. The molecule has 4 aliphatic heterocycles. The number of piperidine rings is 2. The Kier molecular flexibility index (Phi) is 6.74. The Bertz CT molecular complexity index is 2290. The van der Waals surface area contributed by atoms with E-state index in [2.05, 4.69) is 36.0 Å². The molecule has 11 rings (SSSR count). The minimum atomic E-state index is -4.58. The van der Waals surface area contributed by atoms with E-state index in [9.17, 15) is 27.0 Å². The van der Waals surface area contributed by atoms with E-state index in [4.69, 9.17) is 17.8 Å². The summed E-state index contributed by atoms with van der Waals surface area (Å²) in [5.74, 6) is 0.788. The number of nitrogens with zero attached hydrogens (tertiary/aromatic N) is 2. The molecule has 14 heteroatoms. The minimum Gasteiger partial charge on any atom is -0.482 e. The molecule has 282 valence electrons. The summed E-state index contributed by atoms with van der Waals surface area (Å²) in [6.45, 7) is 1.62. The van der Waals surface area contributed by atoms with Crippen LogP contribution in [0.2, 0.25) is 0 Å². The zero-order valence-corrected chi connectivity index (χ0v) is 31.3. The average molecular weight is 773 g/mol. The molecule has 10 unspecified atom stereocenters. The van der Waals surface area contributed by atoms with Crippen LogP contribution in [-0.4, -0.2) is 101 Å². The lowest BCUT2D eigenvalue weighted by Crippen LogP contribution is -2.64. The van der Waals surface area contributed by atoms with Crippen molar-refractivity contribution in [3.05, 3.63) is 95.1 Å². The summed E-state index contributed by atoms with van der Waals surface area (Å²) >= 11 is 0. The van der Waals surface area contributed by atoms with Crippen LogP contribution >= 0.6 is 0 Å². The highest BCUT2D eigenvalue weighted by Crippen LogP contribution is 2.64. The summed E-state index contributed by atoms with van der Waals surface area (Å²) < 4.78 is 80.2. The van der Waals surface area contributed by atoms with Gasteiger partial charge in [0.15, 0.2) is 23.0 Å². The fraction of sp³-hybridized carbons (Fsp3) is 0.450. The molecule has 4 bridgehead atoms. The van der Waals surface area contributed by atoms with Crippen molar-refractivity contribution in [2.24, 2.45) is 11.8 Å². The molecule has 2 spiro atoms. The summed E-state index contributed by atoms with van der Waals surface area (Å²) in [4.78, 5) is 3.93. The average Bonchev–Trinajstić information content (AvgIpc) is 3.69. The fourth-order valence-electron chi connectivity index (χ4n) is 11.7. The van der Waals surface area contributed by atoms with Crippen molar-refractivity contribution in [3.8, 4) is 23.0 Å². The molecule has 0 radical (unpaired) electrons. The molecular weight excluding hydrogens is 733 g/mol. The van der Waals surface area contributed by atoms with Gasteiger partial charge in [-0.05, 0) is 94.3 Å². The van der Waals surface area contributed by atoms with Gasteiger partial charge in [0.1, 0.15) is 34.2 Å². The quantitative estimate of drug-likeness (QED) is 0.280. The monoisotopic (exact) mass is 772 g/mol. The van der Waals surface area contributed by atoms with Gasteiger partial charge in [-0.15, -0.1) is 0 Å². The van der Waals surface area contributed by atoms with Crippen LogP contribution in [0.4, 0.5) is 0 Å². The molecule has 3 aromatic carbocycles. The van der Waals surface area contributed by atoms with Gasteiger partial charge in [-0.25, -0.2) is 0 Å². The largest absolute Gasteiger partial charge is 0.482 e. The maximum Gasteiger partial charge on any atom is 0.339 e. The highest BCUT2D eigenvalue weighted by Gasteiger charge is 2.66. The Morgan fingerprint density at radius 3 is 1.56 bits per heavy atom. The molecule has 2 saturated heterocycles. The van der Waals surface area contributed by atoms with Crippen molar-refractivity contribution >= 4 is 20.2 Å². The van der Waals surface area contributed by atoms with Crippen LogP contribution in [0.5, 0.6) is 23.0 Å². The Balaban J connectivity index is 0.917. The molecule has 12 nitrogen and oxygen atoms in total.